The summed E-state index contributed by atoms with van der Waals surface area (Å²) in [7, 11) is 0. The zero-order valence-electron chi connectivity index (χ0n) is 10.2. The van der Waals surface area contributed by atoms with E-state index in [1.165, 1.54) is 12.8 Å². The van der Waals surface area contributed by atoms with E-state index in [0.717, 1.165) is 12.8 Å². The fourth-order valence-electron chi connectivity index (χ4n) is 2.36. The number of hydrogen-bond donors (Lipinski definition) is 2. The molecular formula is C12H23ClN2O. The van der Waals surface area contributed by atoms with Crippen LogP contribution in [-0.2, 0) is 4.79 Å². The van der Waals surface area contributed by atoms with Gasteiger partial charge in [0.05, 0.1) is 0 Å². The highest BCUT2D eigenvalue weighted by Crippen LogP contribution is 2.54. The fourth-order valence-corrected chi connectivity index (χ4v) is 2.36. The predicted octanol–water partition coefficient (Wildman–Crippen LogP) is 1.70. The van der Waals surface area contributed by atoms with Crippen LogP contribution in [0, 0.1) is 17.3 Å². The van der Waals surface area contributed by atoms with Crippen molar-refractivity contribution in [2.75, 3.05) is 6.54 Å². The summed E-state index contributed by atoms with van der Waals surface area (Å²) < 4.78 is 0. The fraction of sp³-hybridized carbons (Fsp3) is 0.917. The van der Waals surface area contributed by atoms with E-state index in [1.54, 1.807) is 0 Å². The molecule has 0 heterocycles. The molecule has 0 bridgehead atoms. The van der Waals surface area contributed by atoms with Gasteiger partial charge in [0.2, 0.25) is 5.91 Å². The van der Waals surface area contributed by atoms with Crippen molar-refractivity contribution >= 4 is 18.3 Å². The van der Waals surface area contributed by atoms with Crippen molar-refractivity contribution in [3.05, 3.63) is 0 Å². The third-order valence-electron chi connectivity index (χ3n) is 4.25. The Morgan fingerprint density at radius 1 is 1.56 bits per heavy atom. The van der Waals surface area contributed by atoms with E-state index in [0.29, 0.717) is 12.5 Å². The van der Waals surface area contributed by atoms with Crippen LogP contribution in [0.2, 0.25) is 0 Å². The molecule has 0 aromatic carbocycles. The van der Waals surface area contributed by atoms with Crippen LogP contribution in [0.1, 0.15) is 39.5 Å². The molecular weight excluding hydrogens is 224 g/mol. The Labute approximate surface area is 104 Å². The van der Waals surface area contributed by atoms with Gasteiger partial charge < -0.3 is 11.1 Å². The van der Waals surface area contributed by atoms with Gasteiger partial charge in [-0.15, -0.1) is 12.4 Å². The van der Waals surface area contributed by atoms with E-state index in [1.807, 2.05) is 0 Å². The van der Waals surface area contributed by atoms with Crippen LogP contribution < -0.4 is 11.1 Å². The number of nitrogens with one attached hydrogen (secondary N) is 1. The number of nitrogens with two attached hydrogens (primary N) is 1. The highest BCUT2D eigenvalue weighted by atomic mass is 35.5. The third-order valence-corrected chi connectivity index (χ3v) is 4.25. The van der Waals surface area contributed by atoms with Gasteiger partial charge in [0, 0.05) is 18.5 Å². The maximum Gasteiger partial charge on any atom is 0.223 e. The summed E-state index contributed by atoms with van der Waals surface area (Å²) in [6.45, 7) is 4.95. The molecule has 1 amide bonds. The summed E-state index contributed by atoms with van der Waals surface area (Å²) in [6.07, 6.45) is 4.62. The number of halogens is 1. The number of carbonyl (C=O) groups is 1. The second kappa shape index (κ2) is 4.92. The molecule has 94 valence electrons. The van der Waals surface area contributed by atoms with Gasteiger partial charge in [-0.3, -0.25) is 4.79 Å². The van der Waals surface area contributed by atoms with Gasteiger partial charge in [-0.1, -0.05) is 13.8 Å². The third kappa shape index (κ3) is 2.69. The first-order chi connectivity index (χ1) is 7.10. The molecule has 2 aliphatic carbocycles. The van der Waals surface area contributed by atoms with Crippen LogP contribution in [0.25, 0.3) is 0 Å². The van der Waals surface area contributed by atoms with E-state index < -0.39 is 0 Å². The first kappa shape index (κ1) is 13.8. The van der Waals surface area contributed by atoms with Crippen LogP contribution in [0.3, 0.4) is 0 Å². The Kier molecular flexibility index (Phi) is 4.24. The molecule has 3 unspecified atom stereocenters. The Morgan fingerprint density at radius 3 is 2.56 bits per heavy atom. The number of rotatable bonds is 5. The van der Waals surface area contributed by atoms with E-state index in [2.05, 4.69) is 19.2 Å². The highest BCUT2D eigenvalue weighted by molar-refractivity contribution is 5.85. The molecule has 2 fully saturated rings. The number of hydrogen-bond acceptors (Lipinski definition) is 2. The molecule has 0 aromatic heterocycles. The zero-order chi connectivity index (χ0) is 11.1. The molecule has 0 spiro atoms. The van der Waals surface area contributed by atoms with Gasteiger partial charge in [-0.25, -0.2) is 0 Å². The lowest BCUT2D eigenvalue weighted by Crippen LogP contribution is -2.43. The van der Waals surface area contributed by atoms with E-state index in [9.17, 15) is 4.79 Å². The van der Waals surface area contributed by atoms with Crippen molar-refractivity contribution in [2.45, 2.75) is 45.6 Å². The molecule has 16 heavy (non-hydrogen) atoms. The maximum atomic E-state index is 11.9. The minimum Gasteiger partial charge on any atom is -0.352 e. The van der Waals surface area contributed by atoms with Crippen LogP contribution >= 0.6 is 12.4 Å². The van der Waals surface area contributed by atoms with Gasteiger partial charge >= 0.3 is 0 Å². The molecule has 0 saturated heterocycles. The van der Waals surface area contributed by atoms with Crippen molar-refractivity contribution in [1.29, 1.82) is 0 Å². The molecule has 0 aliphatic heterocycles. The Hall–Kier alpha value is -0.280. The summed E-state index contributed by atoms with van der Waals surface area (Å²) >= 11 is 0. The lowest BCUT2D eigenvalue weighted by molar-refractivity contribution is -0.123. The Bertz CT molecular complexity index is 268. The van der Waals surface area contributed by atoms with E-state index in [-0.39, 0.29) is 35.7 Å². The van der Waals surface area contributed by atoms with Crippen molar-refractivity contribution < 1.29 is 4.79 Å². The number of carbonyl (C=O) groups excluding carboxylic acids is 1. The van der Waals surface area contributed by atoms with Crippen molar-refractivity contribution in [3.8, 4) is 0 Å². The summed E-state index contributed by atoms with van der Waals surface area (Å²) in [4.78, 5) is 11.9. The first-order valence-electron chi connectivity index (χ1n) is 6.11. The average molecular weight is 247 g/mol. The molecule has 2 rings (SSSR count). The number of amides is 1. The maximum absolute atomic E-state index is 11.9. The lowest BCUT2D eigenvalue weighted by atomic mass is 10.0. The van der Waals surface area contributed by atoms with Crippen LogP contribution in [0.4, 0.5) is 0 Å². The molecule has 4 heteroatoms. The topological polar surface area (TPSA) is 55.1 Å². The minimum atomic E-state index is 0. The largest absolute Gasteiger partial charge is 0.352 e. The van der Waals surface area contributed by atoms with Gasteiger partial charge in [-0.2, -0.15) is 0 Å². The van der Waals surface area contributed by atoms with Crippen LogP contribution in [0.15, 0.2) is 0 Å². The van der Waals surface area contributed by atoms with Crippen LogP contribution in [0.5, 0.6) is 0 Å². The second-order valence-electron chi connectivity index (χ2n) is 5.45. The Morgan fingerprint density at radius 2 is 2.19 bits per heavy atom. The lowest BCUT2D eigenvalue weighted by Gasteiger charge is -2.17. The minimum absolute atomic E-state index is 0. The Balaban J connectivity index is 0.00000128. The average Bonchev–Trinajstić information content (AvgIpc) is 3.09. The van der Waals surface area contributed by atoms with E-state index >= 15 is 0 Å². The van der Waals surface area contributed by atoms with Crippen molar-refractivity contribution in [2.24, 2.45) is 23.0 Å². The normalized spacial score (nSPS) is 33.8. The molecule has 0 radical (unpaired) electrons. The molecule has 2 aliphatic rings. The molecule has 0 aromatic rings. The summed E-state index contributed by atoms with van der Waals surface area (Å²) in [6, 6.07) is 0.235. The molecule has 3 nitrogen and oxygen atoms in total. The summed E-state index contributed by atoms with van der Waals surface area (Å²) in [5.41, 5.74) is 5.94. The van der Waals surface area contributed by atoms with Gasteiger partial charge in [-0.05, 0) is 37.0 Å². The second-order valence-corrected chi connectivity index (χ2v) is 5.45. The van der Waals surface area contributed by atoms with Gasteiger partial charge in [0.15, 0.2) is 0 Å². The monoisotopic (exact) mass is 246 g/mol. The SMILES string of the molecule is CCC1(C)CC1C(=O)NC(CN)C1CC1.Cl. The van der Waals surface area contributed by atoms with Crippen molar-refractivity contribution in [3.63, 3.8) is 0 Å². The van der Waals surface area contributed by atoms with Gasteiger partial charge in [0.25, 0.3) is 0 Å². The highest BCUT2D eigenvalue weighted by Gasteiger charge is 2.53. The van der Waals surface area contributed by atoms with Crippen molar-refractivity contribution in [1.82, 2.24) is 5.32 Å². The van der Waals surface area contributed by atoms with E-state index in [4.69, 9.17) is 5.73 Å². The first-order valence-corrected chi connectivity index (χ1v) is 6.11. The van der Waals surface area contributed by atoms with Gasteiger partial charge in [0.1, 0.15) is 0 Å². The molecule has 3 atom stereocenters. The molecule has 3 N–H and O–H groups in total. The zero-order valence-corrected chi connectivity index (χ0v) is 11.0. The van der Waals surface area contributed by atoms with Crippen LogP contribution in [-0.4, -0.2) is 18.5 Å². The quantitative estimate of drug-likeness (QED) is 0.776. The summed E-state index contributed by atoms with van der Waals surface area (Å²) in [5.74, 6) is 1.14. The summed E-state index contributed by atoms with van der Waals surface area (Å²) in [5, 5.41) is 3.12. The smallest absolute Gasteiger partial charge is 0.223 e. The predicted molar refractivity (Wildman–Crippen MR) is 67.5 cm³/mol. The molecule has 2 saturated carbocycles. The standard InChI is InChI=1S/C12H22N2O.ClH/c1-3-12(2)6-9(12)11(15)14-10(7-13)8-4-5-8;/h8-10H,3-7,13H2,1-2H3,(H,14,15);1H.